The Kier molecular flexibility index (Phi) is 7.02. The molecule has 1 amide bonds. The summed E-state index contributed by atoms with van der Waals surface area (Å²) in [6.07, 6.45) is 0. The quantitative estimate of drug-likeness (QED) is 0.620. The highest BCUT2D eigenvalue weighted by molar-refractivity contribution is 5.96. The molecule has 0 bridgehead atoms. The summed E-state index contributed by atoms with van der Waals surface area (Å²) in [7, 11) is 0. The zero-order valence-corrected chi connectivity index (χ0v) is 19.2. The maximum Gasteiger partial charge on any atom is 0.255 e. The molecule has 1 aliphatic heterocycles. The second-order valence-electron chi connectivity index (χ2n) is 8.53. The van der Waals surface area contributed by atoms with Crippen LogP contribution in [0, 0.1) is 20.8 Å². The summed E-state index contributed by atoms with van der Waals surface area (Å²) in [5, 5.41) is 7.76. The van der Waals surface area contributed by atoms with Crippen molar-refractivity contribution in [2.24, 2.45) is 0 Å². The summed E-state index contributed by atoms with van der Waals surface area (Å²) in [5.41, 5.74) is 7.12. The molecule has 32 heavy (non-hydrogen) atoms. The number of carbonyl (C=O) groups is 1. The number of hydrogen-bond donors (Lipinski definition) is 1. The lowest BCUT2D eigenvalue weighted by atomic mass is 10.1. The molecule has 1 N–H and O–H groups in total. The molecule has 168 valence electrons. The van der Waals surface area contributed by atoms with Gasteiger partial charge < -0.3 is 10.1 Å². The standard InChI is InChI=1S/C26H32N4O2/c1-19-8-10-22(11-9-19)17-30-21(3)25(20(2)28-30)26(31)27-16-23-6-4-5-7-24(23)18-29-12-14-32-15-13-29/h4-11H,12-18H2,1-3H3,(H,27,31). The van der Waals surface area contributed by atoms with Crippen molar-refractivity contribution >= 4 is 5.91 Å². The van der Waals surface area contributed by atoms with Gasteiger partial charge >= 0.3 is 0 Å². The minimum Gasteiger partial charge on any atom is -0.379 e. The number of hydrogen-bond acceptors (Lipinski definition) is 4. The lowest BCUT2D eigenvalue weighted by Crippen LogP contribution is -2.36. The van der Waals surface area contributed by atoms with Crippen LogP contribution >= 0.6 is 0 Å². The average Bonchev–Trinajstić information content (AvgIpc) is 3.08. The highest BCUT2D eigenvalue weighted by Crippen LogP contribution is 2.17. The summed E-state index contributed by atoms with van der Waals surface area (Å²) in [5.74, 6) is -0.0728. The third kappa shape index (κ3) is 5.26. The molecular formula is C26H32N4O2. The van der Waals surface area contributed by atoms with Crippen molar-refractivity contribution in [1.82, 2.24) is 20.0 Å². The van der Waals surface area contributed by atoms with Crippen molar-refractivity contribution in [2.75, 3.05) is 26.3 Å². The van der Waals surface area contributed by atoms with Gasteiger partial charge in [-0.3, -0.25) is 14.4 Å². The van der Waals surface area contributed by atoms with E-state index in [-0.39, 0.29) is 5.91 Å². The van der Waals surface area contributed by atoms with Gasteiger partial charge in [-0.2, -0.15) is 5.10 Å². The predicted molar refractivity (Wildman–Crippen MR) is 126 cm³/mol. The van der Waals surface area contributed by atoms with E-state index in [1.54, 1.807) is 0 Å². The largest absolute Gasteiger partial charge is 0.379 e. The van der Waals surface area contributed by atoms with Crippen molar-refractivity contribution in [2.45, 2.75) is 40.4 Å². The van der Waals surface area contributed by atoms with Crippen LogP contribution in [0.4, 0.5) is 0 Å². The maximum atomic E-state index is 13.1. The second kappa shape index (κ2) is 10.1. The molecule has 0 aliphatic carbocycles. The number of nitrogens with one attached hydrogen (secondary N) is 1. The number of aryl methyl sites for hydroxylation is 2. The Morgan fingerprint density at radius 3 is 2.38 bits per heavy atom. The topological polar surface area (TPSA) is 59.4 Å². The number of rotatable bonds is 7. The second-order valence-corrected chi connectivity index (χ2v) is 8.53. The highest BCUT2D eigenvalue weighted by Gasteiger charge is 2.19. The molecule has 0 spiro atoms. The summed E-state index contributed by atoms with van der Waals surface area (Å²) < 4.78 is 7.37. The van der Waals surface area contributed by atoms with Crippen molar-refractivity contribution in [3.63, 3.8) is 0 Å². The van der Waals surface area contributed by atoms with Crippen LogP contribution in [0.5, 0.6) is 0 Å². The normalized spacial score (nSPS) is 14.5. The predicted octanol–water partition coefficient (Wildman–Crippen LogP) is 3.62. The first-order chi connectivity index (χ1) is 15.5. The van der Waals surface area contributed by atoms with Crippen LogP contribution in [0.2, 0.25) is 0 Å². The lowest BCUT2D eigenvalue weighted by Gasteiger charge is -2.27. The molecule has 6 heteroatoms. The third-order valence-electron chi connectivity index (χ3n) is 6.12. The minimum absolute atomic E-state index is 0.0728. The fourth-order valence-electron chi connectivity index (χ4n) is 4.19. The van der Waals surface area contributed by atoms with Crippen molar-refractivity contribution in [3.8, 4) is 0 Å². The zero-order valence-electron chi connectivity index (χ0n) is 19.2. The van der Waals surface area contributed by atoms with E-state index >= 15 is 0 Å². The first kappa shape index (κ1) is 22.2. The molecule has 1 aliphatic rings. The molecule has 3 aromatic rings. The van der Waals surface area contributed by atoms with E-state index in [9.17, 15) is 4.79 Å². The summed E-state index contributed by atoms with van der Waals surface area (Å²) in [4.78, 5) is 15.5. The Labute approximate surface area is 190 Å². The Morgan fingerprint density at radius 1 is 0.969 bits per heavy atom. The van der Waals surface area contributed by atoms with Crippen LogP contribution in [-0.4, -0.2) is 46.9 Å². The molecule has 1 fully saturated rings. The fourth-order valence-corrected chi connectivity index (χ4v) is 4.19. The molecule has 0 saturated carbocycles. The van der Waals surface area contributed by atoms with E-state index in [1.807, 2.05) is 24.6 Å². The van der Waals surface area contributed by atoms with Crippen LogP contribution in [0.1, 0.15) is 44.0 Å². The first-order valence-corrected chi connectivity index (χ1v) is 11.3. The molecule has 0 radical (unpaired) electrons. The van der Waals surface area contributed by atoms with E-state index in [0.29, 0.717) is 18.7 Å². The summed E-state index contributed by atoms with van der Waals surface area (Å²) >= 11 is 0. The van der Waals surface area contributed by atoms with Gasteiger partial charge in [-0.05, 0) is 37.5 Å². The van der Waals surface area contributed by atoms with Gasteiger partial charge in [-0.1, -0.05) is 54.1 Å². The highest BCUT2D eigenvalue weighted by atomic mass is 16.5. The molecule has 1 aromatic heterocycles. The van der Waals surface area contributed by atoms with Crippen molar-refractivity contribution < 1.29 is 9.53 Å². The van der Waals surface area contributed by atoms with Crippen LogP contribution in [0.3, 0.4) is 0 Å². The van der Waals surface area contributed by atoms with Gasteiger partial charge in [0.25, 0.3) is 5.91 Å². The molecule has 1 saturated heterocycles. The first-order valence-electron chi connectivity index (χ1n) is 11.3. The van der Waals surface area contributed by atoms with Crippen LogP contribution in [0.15, 0.2) is 48.5 Å². The molecule has 2 aromatic carbocycles. The fraction of sp³-hybridized carbons (Fsp3) is 0.385. The number of ether oxygens (including phenoxy) is 1. The number of carbonyl (C=O) groups excluding carboxylic acids is 1. The van der Waals surface area contributed by atoms with Gasteiger partial charge in [0.1, 0.15) is 0 Å². The van der Waals surface area contributed by atoms with E-state index in [1.165, 1.54) is 16.7 Å². The monoisotopic (exact) mass is 432 g/mol. The van der Waals surface area contributed by atoms with Crippen molar-refractivity contribution in [1.29, 1.82) is 0 Å². The number of amides is 1. The Balaban J connectivity index is 1.43. The number of aromatic nitrogens is 2. The molecule has 0 unspecified atom stereocenters. The summed E-state index contributed by atoms with van der Waals surface area (Å²) in [6, 6.07) is 16.7. The molecule has 0 atom stereocenters. The van der Waals surface area contributed by atoms with Gasteiger partial charge in [0.15, 0.2) is 0 Å². The van der Waals surface area contributed by atoms with Crippen LogP contribution in [0.25, 0.3) is 0 Å². The smallest absolute Gasteiger partial charge is 0.255 e. The van der Waals surface area contributed by atoms with Gasteiger partial charge in [0.2, 0.25) is 0 Å². The van der Waals surface area contributed by atoms with Gasteiger partial charge in [0, 0.05) is 31.9 Å². The Bertz CT molecular complexity index is 1070. The lowest BCUT2D eigenvalue weighted by molar-refractivity contribution is 0.0340. The zero-order chi connectivity index (χ0) is 22.5. The third-order valence-corrected chi connectivity index (χ3v) is 6.12. The van der Waals surface area contributed by atoms with Gasteiger partial charge in [-0.15, -0.1) is 0 Å². The van der Waals surface area contributed by atoms with E-state index in [0.717, 1.165) is 49.8 Å². The number of benzene rings is 2. The number of nitrogens with zero attached hydrogens (tertiary/aromatic N) is 3. The van der Waals surface area contributed by atoms with Crippen LogP contribution in [-0.2, 0) is 24.4 Å². The van der Waals surface area contributed by atoms with Crippen LogP contribution < -0.4 is 5.32 Å². The SMILES string of the molecule is Cc1ccc(Cn2nc(C)c(C(=O)NCc3ccccc3CN3CCOCC3)c2C)cc1. The van der Waals surface area contributed by atoms with Gasteiger partial charge in [-0.25, -0.2) is 0 Å². The number of morpholine rings is 1. The van der Waals surface area contributed by atoms with E-state index < -0.39 is 0 Å². The molecule has 4 rings (SSSR count). The average molecular weight is 433 g/mol. The molecule has 6 nitrogen and oxygen atoms in total. The van der Waals surface area contributed by atoms with E-state index in [2.05, 4.69) is 64.7 Å². The van der Waals surface area contributed by atoms with Crippen molar-refractivity contribution in [3.05, 3.63) is 87.7 Å². The minimum atomic E-state index is -0.0728. The molecular weight excluding hydrogens is 400 g/mol. The Hall–Kier alpha value is -2.96. The Morgan fingerprint density at radius 2 is 1.66 bits per heavy atom. The molecule has 2 heterocycles. The van der Waals surface area contributed by atoms with Gasteiger partial charge in [0.05, 0.1) is 31.0 Å². The summed E-state index contributed by atoms with van der Waals surface area (Å²) in [6.45, 7) is 11.4. The van der Waals surface area contributed by atoms with E-state index in [4.69, 9.17) is 4.74 Å². The maximum absolute atomic E-state index is 13.1.